The molecule has 0 aromatic carbocycles. The van der Waals surface area contributed by atoms with Crippen LogP contribution in [0.15, 0.2) is 35.1 Å². The third-order valence-corrected chi connectivity index (χ3v) is 4.76. The molecule has 7 nitrogen and oxygen atoms in total. The lowest BCUT2D eigenvalue weighted by atomic mass is 10.1. The first-order valence-corrected chi connectivity index (χ1v) is 8.29. The number of amides is 1. The summed E-state index contributed by atoms with van der Waals surface area (Å²) < 4.78 is 4.35. The lowest BCUT2D eigenvalue weighted by Gasteiger charge is -2.34. The minimum Gasteiger partial charge on any atom is -0.333 e. The first kappa shape index (κ1) is 14.9. The van der Waals surface area contributed by atoms with Crippen LogP contribution in [0.4, 0.5) is 0 Å². The summed E-state index contributed by atoms with van der Waals surface area (Å²) >= 11 is 3.34. The Morgan fingerprint density at radius 3 is 3.04 bits per heavy atom. The van der Waals surface area contributed by atoms with Crippen molar-refractivity contribution in [3.63, 3.8) is 0 Å². The molecule has 4 rings (SSSR count). The van der Waals surface area contributed by atoms with Crippen molar-refractivity contribution in [2.75, 3.05) is 6.54 Å². The van der Waals surface area contributed by atoms with E-state index < -0.39 is 0 Å². The number of hydrogen-bond acceptors (Lipinski definition) is 4. The zero-order valence-electron chi connectivity index (χ0n) is 12.8. The highest BCUT2D eigenvalue weighted by Gasteiger charge is 2.30. The van der Waals surface area contributed by atoms with Gasteiger partial charge in [0.2, 0.25) is 0 Å². The fourth-order valence-corrected chi connectivity index (χ4v) is 3.44. The monoisotopic (exact) mass is 384 g/mol. The smallest absolute Gasteiger partial charge is 0.275 e. The molecule has 0 spiro atoms. The molecular formula is C16H13BrN6O. The quantitative estimate of drug-likeness (QED) is 0.644. The van der Waals surface area contributed by atoms with Crippen LogP contribution in [0.5, 0.6) is 0 Å². The minimum atomic E-state index is -0.130. The Morgan fingerprint density at radius 1 is 1.42 bits per heavy atom. The summed E-state index contributed by atoms with van der Waals surface area (Å²) in [6, 6.07) is 7.47. The number of hydrogen-bond donors (Lipinski definition) is 0. The first-order valence-electron chi connectivity index (χ1n) is 7.50. The zero-order chi connectivity index (χ0) is 16.8. The molecule has 1 amide bonds. The van der Waals surface area contributed by atoms with Crippen LogP contribution in [-0.4, -0.2) is 36.5 Å². The van der Waals surface area contributed by atoms with E-state index >= 15 is 0 Å². The fraction of sp³-hybridized carbons (Fsp3) is 0.250. The highest BCUT2D eigenvalue weighted by Crippen LogP contribution is 2.28. The van der Waals surface area contributed by atoms with Gasteiger partial charge in [-0.15, -0.1) is 0 Å². The van der Waals surface area contributed by atoms with Crippen molar-refractivity contribution < 1.29 is 4.79 Å². The Kier molecular flexibility index (Phi) is 3.39. The Hall–Kier alpha value is -2.66. The molecule has 1 atom stereocenters. The molecule has 8 heteroatoms. The van der Waals surface area contributed by atoms with E-state index in [-0.39, 0.29) is 11.9 Å². The minimum absolute atomic E-state index is 0.113. The van der Waals surface area contributed by atoms with E-state index in [1.165, 1.54) is 0 Å². The Bertz CT molecular complexity index is 998. The van der Waals surface area contributed by atoms with Gasteiger partial charge in [-0.1, -0.05) is 0 Å². The molecule has 1 aliphatic rings. The van der Waals surface area contributed by atoms with Crippen LogP contribution in [0.1, 0.15) is 34.8 Å². The number of nitriles is 1. The number of halogens is 1. The number of aromatic nitrogens is 4. The van der Waals surface area contributed by atoms with Crippen molar-refractivity contribution in [1.29, 1.82) is 5.26 Å². The lowest BCUT2D eigenvalue weighted by molar-refractivity contribution is 0.0637. The Morgan fingerprint density at radius 2 is 2.25 bits per heavy atom. The standard InChI is InChI=1S/C16H13BrN6O/c1-10-14-3-2-12(7-18)22(14)5-4-21(10)16(24)13-6-15-19-8-11(17)9-23(15)20-13/h2-3,6,8-10H,4-5H2,1H3. The first-order chi connectivity index (χ1) is 11.6. The van der Waals surface area contributed by atoms with Crippen LogP contribution in [0.25, 0.3) is 5.65 Å². The molecule has 0 saturated heterocycles. The van der Waals surface area contributed by atoms with Gasteiger partial charge in [0.05, 0.1) is 10.5 Å². The lowest BCUT2D eigenvalue weighted by Crippen LogP contribution is -2.41. The Labute approximate surface area is 146 Å². The predicted molar refractivity (Wildman–Crippen MR) is 89.3 cm³/mol. The maximum Gasteiger partial charge on any atom is 0.275 e. The van der Waals surface area contributed by atoms with Crippen molar-refractivity contribution >= 4 is 27.5 Å². The average Bonchev–Trinajstić information content (AvgIpc) is 3.18. The summed E-state index contributed by atoms with van der Waals surface area (Å²) in [6.45, 7) is 3.12. The van der Waals surface area contributed by atoms with Gasteiger partial charge in [-0.05, 0) is 35.0 Å². The van der Waals surface area contributed by atoms with Gasteiger partial charge >= 0.3 is 0 Å². The van der Waals surface area contributed by atoms with Gasteiger partial charge in [-0.3, -0.25) is 4.79 Å². The second-order valence-electron chi connectivity index (χ2n) is 5.69. The van der Waals surface area contributed by atoms with Crippen molar-refractivity contribution in [2.24, 2.45) is 0 Å². The van der Waals surface area contributed by atoms with Crippen LogP contribution in [0.3, 0.4) is 0 Å². The fourth-order valence-electron chi connectivity index (χ4n) is 3.14. The number of nitrogens with zero attached hydrogens (tertiary/aromatic N) is 6. The third kappa shape index (κ3) is 2.20. The summed E-state index contributed by atoms with van der Waals surface area (Å²) in [5.74, 6) is -0.130. The topological polar surface area (TPSA) is 79.2 Å². The summed E-state index contributed by atoms with van der Waals surface area (Å²) in [4.78, 5) is 18.9. The summed E-state index contributed by atoms with van der Waals surface area (Å²) in [7, 11) is 0. The van der Waals surface area contributed by atoms with Crippen molar-refractivity contribution in [3.05, 3.63) is 52.1 Å². The van der Waals surface area contributed by atoms with E-state index in [2.05, 4.69) is 32.1 Å². The normalized spacial score (nSPS) is 16.9. The van der Waals surface area contributed by atoms with Gasteiger partial charge in [0.15, 0.2) is 11.3 Å². The zero-order valence-corrected chi connectivity index (χ0v) is 14.4. The number of fused-ring (bicyclic) bond motifs is 2. The number of carbonyl (C=O) groups excluding carboxylic acids is 1. The van der Waals surface area contributed by atoms with Gasteiger partial charge in [0, 0.05) is 37.2 Å². The van der Waals surface area contributed by atoms with E-state index in [9.17, 15) is 4.79 Å². The second kappa shape index (κ2) is 5.46. The number of carbonyl (C=O) groups is 1. The second-order valence-corrected chi connectivity index (χ2v) is 6.60. The number of rotatable bonds is 1. The molecule has 24 heavy (non-hydrogen) atoms. The average molecular weight is 385 g/mol. The van der Waals surface area contributed by atoms with Gasteiger partial charge in [-0.2, -0.15) is 10.4 Å². The molecule has 0 saturated carbocycles. The summed E-state index contributed by atoms with van der Waals surface area (Å²) in [5.41, 5.74) is 2.59. The molecule has 120 valence electrons. The van der Waals surface area contributed by atoms with E-state index in [1.54, 1.807) is 33.9 Å². The van der Waals surface area contributed by atoms with Crippen LogP contribution in [-0.2, 0) is 6.54 Å². The Balaban J connectivity index is 1.68. The van der Waals surface area contributed by atoms with Gasteiger partial charge in [-0.25, -0.2) is 9.50 Å². The largest absolute Gasteiger partial charge is 0.333 e. The molecule has 0 radical (unpaired) electrons. The highest BCUT2D eigenvalue weighted by atomic mass is 79.9. The van der Waals surface area contributed by atoms with E-state index in [0.29, 0.717) is 30.1 Å². The van der Waals surface area contributed by atoms with Crippen molar-refractivity contribution in [3.8, 4) is 6.07 Å². The van der Waals surface area contributed by atoms with E-state index in [0.717, 1.165) is 10.2 Å². The van der Waals surface area contributed by atoms with Crippen LogP contribution < -0.4 is 0 Å². The molecule has 3 aromatic heterocycles. The molecule has 3 aromatic rings. The van der Waals surface area contributed by atoms with Gasteiger partial charge in [0.25, 0.3) is 5.91 Å². The molecule has 1 aliphatic heterocycles. The van der Waals surface area contributed by atoms with Crippen molar-refractivity contribution in [2.45, 2.75) is 19.5 Å². The molecule has 0 fully saturated rings. The maximum atomic E-state index is 12.9. The van der Waals surface area contributed by atoms with Gasteiger partial charge < -0.3 is 9.47 Å². The third-order valence-electron chi connectivity index (χ3n) is 4.35. The predicted octanol–water partition coefficient (Wildman–Crippen LogP) is 2.38. The SMILES string of the molecule is CC1c2ccc(C#N)n2CCN1C(=O)c1cc2ncc(Br)cn2n1. The molecule has 0 N–H and O–H groups in total. The van der Waals surface area contributed by atoms with Crippen LogP contribution in [0.2, 0.25) is 0 Å². The molecule has 4 heterocycles. The molecular weight excluding hydrogens is 372 g/mol. The summed E-state index contributed by atoms with van der Waals surface area (Å²) in [6.07, 6.45) is 3.44. The maximum absolute atomic E-state index is 12.9. The van der Waals surface area contributed by atoms with Crippen LogP contribution in [0, 0.1) is 11.3 Å². The molecule has 0 aliphatic carbocycles. The summed E-state index contributed by atoms with van der Waals surface area (Å²) in [5, 5.41) is 13.5. The highest BCUT2D eigenvalue weighted by molar-refractivity contribution is 9.10. The van der Waals surface area contributed by atoms with Crippen molar-refractivity contribution in [1.82, 2.24) is 24.1 Å². The molecule has 1 unspecified atom stereocenters. The van der Waals surface area contributed by atoms with E-state index in [4.69, 9.17) is 5.26 Å². The van der Waals surface area contributed by atoms with E-state index in [1.807, 2.05) is 17.6 Å². The van der Waals surface area contributed by atoms with Gasteiger partial charge in [0.1, 0.15) is 11.8 Å². The molecule has 0 bridgehead atoms. The van der Waals surface area contributed by atoms with Crippen LogP contribution >= 0.6 is 15.9 Å².